The van der Waals surface area contributed by atoms with Crippen molar-refractivity contribution in [2.45, 2.75) is 45.3 Å². The number of aromatic nitrogens is 1. The first-order chi connectivity index (χ1) is 7.83. The minimum Gasteiger partial charge on any atom is -0.390 e. The van der Waals surface area contributed by atoms with Crippen molar-refractivity contribution in [3.63, 3.8) is 0 Å². The van der Waals surface area contributed by atoms with Gasteiger partial charge >= 0.3 is 0 Å². The fourth-order valence-corrected chi connectivity index (χ4v) is 3.28. The molecule has 2 rings (SSSR count). The van der Waals surface area contributed by atoms with Crippen LogP contribution < -0.4 is 0 Å². The molecule has 16 heavy (non-hydrogen) atoms. The Morgan fingerprint density at radius 1 is 1.56 bits per heavy atom. The molecule has 1 aliphatic rings. The number of aliphatic hydroxyl groups excluding tert-OH is 1. The average molecular weight is 240 g/mol. The molecule has 4 heteroatoms. The molecule has 1 unspecified atom stereocenters. The largest absolute Gasteiger partial charge is 0.390 e. The van der Waals surface area contributed by atoms with Gasteiger partial charge in [0, 0.05) is 17.8 Å². The highest BCUT2D eigenvalue weighted by molar-refractivity contribution is 7.09. The summed E-state index contributed by atoms with van der Waals surface area (Å²) < 4.78 is 0. The summed E-state index contributed by atoms with van der Waals surface area (Å²) in [5.74, 6) is 0. The molecule has 1 atom stereocenters. The maximum atomic E-state index is 8.99. The molecular formula is C12H20N2OS. The van der Waals surface area contributed by atoms with E-state index in [1.807, 2.05) is 5.38 Å². The third-order valence-electron chi connectivity index (χ3n) is 3.33. The van der Waals surface area contributed by atoms with Gasteiger partial charge in [-0.05, 0) is 25.9 Å². The van der Waals surface area contributed by atoms with Crippen molar-refractivity contribution < 1.29 is 5.11 Å². The van der Waals surface area contributed by atoms with E-state index in [1.165, 1.54) is 30.8 Å². The van der Waals surface area contributed by atoms with Crippen LogP contribution in [0.25, 0.3) is 0 Å². The number of rotatable bonds is 4. The molecular weight excluding hydrogens is 220 g/mol. The predicted molar refractivity (Wildman–Crippen MR) is 66.6 cm³/mol. The second-order valence-corrected chi connectivity index (χ2v) is 5.32. The normalized spacial score (nSPS) is 22.5. The summed E-state index contributed by atoms with van der Waals surface area (Å²) in [5.41, 5.74) is 0.818. The molecule has 0 spiro atoms. The Bertz CT molecular complexity index is 327. The molecule has 2 heterocycles. The molecule has 0 saturated carbocycles. The lowest BCUT2D eigenvalue weighted by Gasteiger charge is -2.34. The van der Waals surface area contributed by atoms with Crippen molar-refractivity contribution in [2.75, 3.05) is 13.1 Å². The molecule has 1 saturated heterocycles. The Hall–Kier alpha value is -0.450. The molecule has 1 aliphatic heterocycles. The van der Waals surface area contributed by atoms with E-state index < -0.39 is 0 Å². The number of hydrogen-bond acceptors (Lipinski definition) is 4. The van der Waals surface area contributed by atoms with Gasteiger partial charge in [0.1, 0.15) is 0 Å². The van der Waals surface area contributed by atoms with Crippen molar-refractivity contribution in [1.82, 2.24) is 9.88 Å². The zero-order chi connectivity index (χ0) is 11.4. The van der Waals surface area contributed by atoms with Gasteiger partial charge < -0.3 is 10.0 Å². The SMILES string of the molecule is CCN1CCCCC1Cc1nc(CO)cs1. The van der Waals surface area contributed by atoms with E-state index >= 15 is 0 Å². The lowest BCUT2D eigenvalue weighted by Crippen LogP contribution is -2.40. The summed E-state index contributed by atoms with van der Waals surface area (Å²) in [7, 11) is 0. The molecule has 0 amide bonds. The molecule has 90 valence electrons. The first-order valence-electron chi connectivity index (χ1n) is 6.11. The highest BCUT2D eigenvalue weighted by Gasteiger charge is 2.22. The van der Waals surface area contributed by atoms with Crippen molar-refractivity contribution in [2.24, 2.45) is 0 Å². The van der Waals surface area contributed by atoms with Crippen LogP contribution in [0, 0.1) is 0 Å². The lowest BCUT2D eigenvalue weighted by molar-refractivity contribution is 0.155. The van der Waals surface area contributed by atoms with E-state index in [4.69, 9.17) is 5.11 Å². The summed E-state index contributed by atoms with van der Waals surface area (Å²) in [6.07, 6.45) is 5.03. The molecule has 0 aromatic carbocycles. The Morgan fingerprint density at radius 3 is 3.12 bits per heavy atom. The van der Waals surface area contributed by atoms with Crippen LogP contribution in [0.1, 0.15) is 36.9 Å². The third-order valence-corrected chi connectivity index (χ3v) is 4.25. The van der Waals surface area contributed by atoms with Crippen LogP contribution in [0.15, 0.2) is 5.38 Å². The molecule has 3 nitrogen and oxygen atoms in total. The highest BCUT2D eigenvalue weighted by atomic mass is 32.1. The van der Waals surface area contributed by atoms with Crippen LogP contribution in [0.4, 0.5) is 0 Å². The van der Waals surface area contributed by atoms with Crippen molar-refractivity contribution in [3.8, 4) is 0 Å². The maximum absolute atomic E-state index is 8.99. The summed E-state index contributed by atoms with van der Waals surface area (Å²) >= 11 is 1.68. The molecule has 1 aromatic heterocycles. The van der Waals surface area contributed by atoms with Gasteiger partial charge in [-0.3, -0.25) is 0 Å². The Balaban J connectivity index is 1.96. The fraction of sp³-hybridized carbons (Fsp3) is 0.750. The molecule has 1 aromatic rings. The average Bonchev–Trinajstić information content (AvgIpc) is 2.77. The summed E-state index contributed by atoms with van der Waals surface area (Å²) in [6.45, 7) is 4.68. The number of likely N-dealkylation sites (tertiary alicyclic amines) is 1. The number of hydrogen-bond donors (Lipinski definition) is 1. The topological polar surface area (TPSA) is 36.4 Å². The lowest BCUT2D eigenvalue weighted by atomic mass is 10.00. The third kappa shape index (κ3) is 2.81. The van der Waals surface area contributed by atoms with Gasteiger partial charge in [0.2, 0.25) is 0 Å². The minimum atomic E-state index is 0.0681. The maximum Gasteiger partial charge on any atom is 0.0944 e. The molecule has 0 bridgehead atoms. The fourth-order valence-electron chi connectivity index (χ4n) is 2.42. The standard InChI is InChI=1S/C12H20N2OS/c1-2-14-6-4-3-5-11(14)7-12-13-10(8-15)9-16-12/h9,11,15H,2-8H2,1H3. The van der Waals surface area contributed by atoms with Gasteiger partial charge in [-0.15, -0.1) is 11.3 Å². The van der Waals surface area contributed by atoms with E-state index in [1.54, 1.807) is 11.3 Å². The monoisotopic (exact) mass is 240 g/mol. The predicted octanol–water partition coefficient (Wildman–Crippen LogP) is 2.05. The number of piperidine rings is 1. The van der Waals surface area contributed by atoms with Gasteiger partial charge in [-0.1, -0.05) is 13.3 Å². The Morgan fingerprint density at radius 2 is 2.44 bits per heavy atom. The van der Waals surface area contributed by atoms with Crippen LogP contribution in [0.3, 0.4) is 0 Å². The summed E-state index contributed by atoms with van der Waals surface area (Å²) in [5, 5.41) is 12.1. The smallest absolute Gasteiger partial charge is 0.0944 e. The zero-order valence-electron chi connectivity index (χ0n) is 9.85. The minimum absolute atomic E-state index is 0.0681. The van der Waals surface area contributed by atoms with Gasteiger partial charge in [-0.2, -0.15) is 0 Å². The van der Waals surface area contributed by atoms with Crippen LogP contribution in [0.5, 0.6) is 0 Å². The second-order valence-electron chi connectivity index (χ2n) is 4.37. The van der Waals surface area contributed by atoms with Crippen molar-refractivity contribution in [3.05, 3.63) is 16.1 Å². The van der Waals surface area contributed by atoms with Gasteiger partial charge in [-0.25, -0.2) is 4.98 Å². The van der Waals surface area contributed by atoms with Crippen LogP contribution >= 0.6 is 11.3 Å². The number of likely N-dealkylation sites (N-methyl/N-ethyl adjacent to an activating group) is 1. The van der Waals surface area contributed by atoms with Crippen LogP contribution in [-0.2, 0) is 13.0 Å². The first kappa shape index (κ1) is 12.0. The van der Waals surface area contributed by atoms with Gasteiger partial charge in [0.25, 0.3) is 0 Å². The van der Waals surface area contributed by atoms with E-state index in [2.05, 4.69) is 16.8 Å². The van der Waals surface area contributed by atoms with Crippen LogP contribution in [-0.4, -0.2) is 34.1 Å². The summed E-state index contributed by atoms with van der Waals surface area (Å²) in [4.78, 5) is 6.99. The van der Waals surface area contributed by atoms with E-state index in [9.17, 15) is 0 Å². The summed E-state index contributed by atoms with van der Waals surface area (Å²) in [6, 6.07) is 0.663. The van der Waals surface area contributed by atoms with E-state index in [0.717, 1.165) is 18.7 Å². The van der Waals surface area contributed by atoms with E-state index in [0.29, 0.717) is 6.04 Å². The van der Waals surface area contributed by atoms with Gasteiger partial charge in [0.05, 0.1) is 17.3 Å². The molecule has 0 aliphatic carbocycles. The Kier molecular flexibility index (Phi) is 4.32. The first-order valence-corrected chi connectivity index (χ1v) is 6.99. The van der Waals surface area contributed by atoms with Crippen molar-refractivity contribution in [1.29, 1.82) is 0 Å². The van der Waals surface area contributed by atoms with Crippen LogP contribution in [0.2, 0.25) is 0 Å². The molecule has 0 radical (unpaired) electrons. The van der Waals surface area contributed by atoms with Crippen molar-refractivity contribution >= 4 is 11.3 Å². The van der Waals surface area contributed by atoms with E-state index in [-0.39, 0.29) is 6.61 Å². The quantitative estimate of drug-likeness (QED) is 0.875. The zero-order valence-corrected chi connectivity index (χ0v) is 10.7. The Labute approximate surface area is 101 Å². The second kappa shape index (κ2) is 5.75. The highest BCUT2D eigenvalue weighted by Crippen LogP contribution is 2.22. The molecule has 1 fully saturated rings. The number of aliphatic hydroxyl groups is 1. The number of nitrogens with zero attached hydrogens (tertiary/aromatic N) is 2. The number of thiazole rings is 1. The molecule has 1 N–H and O–H groups in total. The van der Waals surface area contributed by atoms with Gasteiger partial charge in [0.15, 0.2) is 0 Å².